The Labute approximate surface area is 82.3 Å². The van der Waals surface area contributed by atoms with Gasteiger partial charge in [-0.05, 0) is 24.6 Å². The van der Waals surface area contributed by atoms with Gasteiger partial charge in [0.05, 0.1) is 6.61 Å². The molecule has 0 atom stereocenters. The van der Waals surface area contributed by atoms with Crippen molar-refractivity contribution in [1.29, 1.82) is 0 Å². The Morgan fingerprint density at radius 3 is 2.86 bits per heavy atom. The first kappa shape index (κ1) is 10.6. The first-order chi connectivity index (χ1) is 6.77. The van der Waals surface area contributed by atoms with Gasteiger partial charge in [-0.3, -0.25) is 0 Å². The number of ether oxygens (including phenoxy) is 1. The second-order valence-electron chi connectivity index (χ2n) is 2.64. The molecule has 1 aromatic carbocycles. The van der Waals surface area contributed by atoms with E-state index in [1.54, 1.807) is 13.0 Å². The van der Waals surface area contributed by atoms with Crippen LogP contribution in [0.3, 0.4) is 0 Å². The van der Waals surface area contributed by atoms with Crippen LogP contribution in [0, 0.1) is 17.7 Å². The van der Waals surface area contributed by atoms with E-state index < -0.39 is 5.82 Å². The highest BCUT2D eigenvalue weighted by Crippen LogP contribution is 2.17. The molecule has 0 unspecified atom stereocenters. The van der Waals surface area contributed by atoms with Gasteiger partial charge in [0, 0.05) is 0 Å². The third-order valence-corrected chi connectivity index (χ3v) is 1.66. The Morgan fingerprint density at radius 1 is 1.50 bits per heavy atom. The zero-order valence-corrected chi connectivity index (χ0v) is 7.88. The van der Waals surface area contributed by atoms with Gasteiger partial charge >= 0.3 is 0 Å². The third-order valence-electron chi connectivity index (χ3n) is 1.66. The van der Waals surface area contributed by atoms with Crippen LogP contribution in [0.2, 0.25) is 0 Å². The predicted octanol–water partition coefficient (Wildman–Crippen LogP) is 1.72. The maximum absolute atomic E-state index is 13.2. The molecule has 0 aliphatic rings. The number of rotatable bonds is 3. The molecule has 1 aromatic rings. The fourth-order valence-corrected chi connectivity index (χ4v) is 0.946. The molecule has 0 aromatic heterocycles. The quantitative estimate of drug-likeness (QED) is 0.742. The Kier molecular flexibility index (Phi) is 3.96. The molecule has 0 fully saturated rings. The Morgan fingerprint density at radius 2 is 2.29 bits per heavy atom. The maximum atomic E-state index is 13.2. The van der Waals surface area contributed by atoms with Gasteiger partial charge in [0.1, 0.15) is 6.61 Å². The third kappa shape index (κ3) is 2.75. The molecule has 14 heavy (non-hydrogen) atoms. The maximum Gasteiger partial charge on any atom is 0.165 e. The van der Waals surface area contributed by atoms with E-state index >= 15 is 0 Å². The molecule has 0 bridgehead atoms. The normalized spacial score (nSPS) is 9.07. The number of hydrogen-bond acceptors (Lipinski definition) is 2. The lowest BCUT2D eigenvalue weighted by molar-refractivity contribution is 0.280. The average Bonchev–Trinajstić information content (AvgIpc) is 2.20. The summed E-state index contributed by atoms with van der Waals surface area (Å²) in [6.45, 7) is 1.69. The van der Waals surface area contributed by atoms with Crippen molar-refractivity contribution in [3.8, 4) is 17.6 Å². The van der Waals surface area contributed by atoms with Crippen molar-refractivity contribution in [2.24, 2.45) is 0 Å². The van der Waals surface area contributed by atoms with Crippen LogP contribution in [0.25, 0.3) is 0 Å². The lowest BCUT2D eigenvalue weighted by atomic mass is 10.2. The van der Waals surface area contributed by atoms with Gasteiger partial charge in [-0.1, -0.05) is 12.0 Å². The van der Waals surface area contributed by atoms with Gasteiger partial charge in [-0.25, -0.2) is 4.39 Å². The monoisotopic (exact) mass is 194 g/mol. The summed E-state index contributed by atoms with van der Waals surface area (Å²) in [4.78, 5) is 0. The van der Waals surface area contributed by atoms with Crippen LogP contribution in [-0.2, 0) is 6.61 Å². The van der Waals surface area contributed by atoms with E-state index in [0.29, 0.717) is 5.56 Å². The highest BCUT2D eigenvalue weighted by Gasteiger charge is 2.03. The lowest BCUT2D eigenvalue weighted by Gasteiger charge is -2.04. The summed E-state index contributed by atoms with van der Waals surface area (Å²) in [5.74, 6) is 4.99. The summed E-state index contributed by atoms with van der Waals surface area (Å²) < 4.78 is 18.2. The Hall–Kier alpha value is -1.53. The van der Waals surface area contributed by atoms with Crippen LogP contribution >= 0.6 is 0 Å². The minimum Gasteiger partial charge on any atom is -0.478 e. The van der Waals surface area contributed by atoms with Crippen molar-refractivity contribution in [1.82, 2.24) is 0 Å². The molecule has 3 heteroatoms. The van der Waals surface area contributed by atoms with E-state index in [2.05, 4.69) is 11.8 Å². The van der Waals surface area contributed by atoms with Crippen molar-refractivity contribution in [3.05, 3.63) is 29.6 Å². The van der Waals surface area contributed by atoms with Crippen LogP contribution in [-0.4, -0.2) is 11.7 Å². The van der Waals surface area contributed by atoms with Gasteiger partial charge in [0.15, 0.2) is 11.6 Å². The fourth-order valence-electron chi connectivity index (χ4n) is 0.946. The largest absolute Gasteiger partial charge is 0.478 e. The van der Waals surface area contributed by atoms with Crippen molar-refractivity contribution in [2.45, 2.75) is 13.5 Å². The van der Waals surface area contributed by atoms with E-state index in [0.717, 1.165) is 0 Å². The molecule has 0 radical (unpaired) electrons. The molecule has 0 aliphatic carbocycles. The van der Waals surface area contributed by atoms with Crippen LogP contribution in [0.5, 0.6) is 5.75 Å². The van der Waals surface area contributed by atoms with E-state index in [4.69, 9.17) is 9.84 Å². The molecule has 0 heterocycles. The molecule has 0 spiro atoms. The number of hydrogen-bond donors (Lipinski definition) is 1. The minimum atomic E-state index is -0.477. The summed E-state index contributed by atoms with van der Waals surface area (Å²) in [5, 5.41) is 8.74. The smallest absolute Gasteiger partial charge is 0.165 e. The van der Waals surface area contributed by atoms with Crippen molar-refractivity contribution in [2.75, 3.05) is 6.61 Å². The topological polar surface area (TPSA) is 29.5 Å². The van der Waals surface area contributed by atoms with E-state index in [-0.39, 0.29) is 19.0 Å². The fraction of sp³-hybridized carbons (Fsp3) is 0.273. The van der Waals surface area contributed by atoms with Gasteiger partial charge in [-0.2, -0.15) is 0 Å². The zero-order chi connectivity index (χ0) is 10.4. The van der Waals surface area contributed by atoms with Gasteiger partial charge in [0.25, 0.3) is 0 Å². The predicted molar refractivity (Wildman–Crippen MR) is 51.3 cm³/mol. The molecular formula is C11H11FO2. The first-order valence-corrected chi connectivity index (χ1v) is 4.19. The average molecular weight is 194 g/mol. The van der Waals surface area contributed by atoms with Gasteiger partial charge < -0.3 is 9.84 Å². The summed E-state index contributed by atoms with van der Waals surface area (Å²) in [7, 11) is 0. The van der Waals surface area contributed by atoms with Crippen molar-refractivity contribution < 1.29 is 14.2 Å². The van der Waals surface area contributed by atoms with E-state index in [9.17, 15) is 4.39 Å². The second kappa shape index (κ2) is 5.25. The van der Waals surface area contributed by atoms with Crippen LogP contribution in [0.1, 0.15) is 12.5 Å². The molecule has 0 saturated carbocycles. The second-order valence-corrected chi connectivity index (χ2v) is 2.64. The van der Waals surface area contributed by atoms with E-state index in [1.165, 1.54) is 12.1 Å². The summed E-state index contributed by atoms with van der Waals surface area (Å²) in [6.07, 6.45) is 0. The molecule has 0 saturated heterocycles. The summed E-state index contributed by atoms with van der Waals surface area (Å²) >= 11 is 0. The molecule has 2 nitrogen and oxygen atoms in total. The van der Waals surface area contributed by atoms with Crippen molar-refractivity contribution in [3.63, 3.8) is 0 Å². The van der Waals surface area contributed by atoms with Crippen LogP contribution in [0.15, 0.2) is 18.2 Å². The van der Waals surface area contributed by atoms with Crippen LogP contribution in [0.4, 0.5) is 4.39 Å². The van der Waals surface area contributed by atoms with Gasteiger partial charge in [-0.15, -0.1) is 5.92 Å². The molecule has 0 amide bonds. The molecule has 0 aliphatic heterocycles. The molecule has 1 rings (SSSR count). The lowest BCUT2D eigenvalue weighted by Crippen LogP contribution is -1.97. The number of benzene rings is 1. The summed E-state index contributed by atoms with van der Waals surface area (Å²) in [5.41, 5.74) is 0.524. The summed E-state index contributed by atoms with van der Waals surface area (Å²) in [6, 6.07) is 4.34. The molecule has 74 valence electrons. The van der Waals surface area contributed by atoms with E-state index in [1.807, 2.05) is 0 Å². The number of aliphatic hydroxyl groups excluding tert-OH is 1. The Balaban J connectivity index is 2.71. The highest BCUT2D eigenvalue weighted by molar-refractivity contribution is 5.29. The Bertz CT molecular complexity index is 363. The minimum absolute atomic E-state index is 0.157. The molecule has 1 N–H and O–H groups in total. The van der Waals surface area contributed by atoms with Crippen LogP contribution < -0.4 is 4.74 Å². The van der Waals surface area contributed by atoms with Crippen molar-refractivity contribution >= 4 is 0 Å². The number of halogens is 1. The standard InChI is InChI=1S/C11H11FO2/c1-2-3-6-14-11-5-4-9(8-13)7-10(11)12/h4-5,7,13H,6,8H2,1H3. The zero-order valence-electron chi connectivity index (χ0n) is 7.88. The highest BCUT2D eigenvalue weighted by atomic mass is 19.1. The first-order valence-electron chi connectivity index (χ1n) is 4.19. The number of aliphatic hydroxyl groups is 1. The molecular weight excluding hydrogens is 183 g/mol. The van der Waals surface area contributed by atoms with Gasteiger partial charge in [0.2, 0.25) is 0 Å². The SMILES string of the molecule is CC#CCOc1ccc(CO)cc1F.